The van der Waals surface area contributed by atoms with E-state index in [0.29, 0.717) is 12.3 Å². The fraction of sp³-hybridized carbons (Fsp3) is 0.429. The van der Waals surface area contributed by atoms with Gasteiger partial charge in [-0.15, -0.1) is 0 Å². The number of benzene rings is 1. The van der Waals surface area contributed by atoms with E-state index in [-0.39, 0.29) is 25.0 Å². The van der Waals surface area contributed by atoms with Crippen molar-refractivity contribution >= 4 is 17.6 Å². The van der Waals surface area contributed by atoms with Gasteiger partial charge in [0.25, 0.3) is 0 Å². The molecule has 1 aliphatic heterocycles. The van der Waals surface area contributed by atoms with Gasteiger partial charge in [0.05, 0.1) is 12.2 Å². The van der Waals surface area contributed by atoms with Gasteiger partial charge in [-0.1, -0.05) is 13.0 Å². The molecule has 0 saturated carbocycles. The van der Waals surface area contributed by atoms with Crippen LogP contribution in [0.15, 0.2) is 18.2 Å². The standard InChI is InChI=1S/C14H18N2O3/c1-3-6-15-13(17)8-16-9-14(18)19-12-5-4-10(2)7-11(12)16/h4-5,7H,3,6,8-9H2,1-2H3,(H,15,17). The van der Waals surface area contributed by atoms with Gasteiger partial charge in [0.1, 0.15) is 6.54 Å². The number of anilines is 1. The van der Waals surface area contributed by atoms with Crippen LogP contribution >= 0.6 is 0 Å². The summed E-state index contributed by atoms with van der Waals surface area (Å²) < 4.78 is 5.17. The Bertz CT molecular complexity index is 499. The normalized spacial score (nSPS) is 13.8. The first-order chi connectivity index (χ1) is 9.10. The van der Waals surface area contributed by atoms with E-state index in [1.807, 2.05) is 26.0 Å². The van der Waals surface area contributed by atoms with Crippen LogP contribution in [0.3, 0.4) is 0 Å². The lowest BCUT2D eigenvalue weighted by Gasteiger charge is -2.29. The minimum Gasteiger partial charge on any atom is -0.423 e. The summed E-state index contributed by atoms with van der Waals surface area (Å²) >= 11 is 0. The van der Waals surface area contributed by atoms with E-state index in [1.54, 1.807) is 11.0 Å². The molecule has 0 radical (unpaired) electrons. The largest absolute Gasteiger partial charge is 0.423 e. The number of carbonyl (C=O) groups excluding carboxylic acids is 2. The number of carbonyl (C=O) groups is 2. The summed E-state index contributed by atoms with van der Waals surface area (Å²) in [6, 6.07) is 5.57. The van der Waals surface area contributed by atoms with Crippen molar-refractivity contribution in [1.29, 1.82) is 0 Å². The number of hydrogen-bond donors (Lipinski definition) is 1. The summed E-state index contributed by atoms with van der Waals surface area (Å²) in [7, 11) is 0. The molecule has 1 aromatic rings. The van der Waals surface area contributed by atoms with Crippen LogP contribution in [0.4, 0.5) is 5.69 Å². The number of aryl methyl sites for hydroxylation is 1. The highest BCUT2D eigenvalue weighted by molar-refractivity contribution is 5.89. The van der Waals surface area contributed by atoms with Gasteiger partial charge in [0.15, 0.2) is 5.75 Å². The van der Waals surface area contributed by atoms with E-state index in [9.17, 15) is 9.59 Å². The fourth-order valence-electron chi connectivity index (χ4n) is 1.99. The molecule has 5 heteroatoms. The van der Waals surface area contributed by atoms with Crippen LogP contribution in [-0.4, -0.2) is 31.5 Å². The molecular weight excluding hydrogens is 244 g/mol. The fourth-order valence-corrected chi connectivity index (χ4v) is 1.99. The predicted molar refractivity (Wildman–Crippen MR) is 72.3 cm³/mol. The molecular formula is C14H18N2O3. The maximum absolute atomic E-state index is 11.8. The second kappa shape index (κ2) is 5.73. The third-order valence-corrected chi connectivity index (χ3v) is 2.91. The second-order valence-corrected chi connectivity index (χ2v) is 4.65. The molecule has 0 fully saturated rings. The number of fused-ring (bicyclic) bond motifs is 1. The van der Waals surface area contributed by atoms with Crippen LogP contribution in [0, 0.1) is 6.92 Å². The Morgan fingerprint density at radius 2 is 2.26 bits per heavy atom. The van der Waals surface area contributed by atoms with E-state index in [1.165, 1.54) is 0 Å². The third kappa shape index (κ3) is 3.24. The zero-order valence-corrected chi connectivity index (χ0v) is 11.2. The summed E-state index contributed by atoms with van der Waals surface area (Å²) in [5, 5.41) is 2.81. The number of nitrogens with one attached hydrogen (secondary N) is 1. The van der Waals surface area contributed by atoms with E-state index < -0.39 is 0 Å². The lowest BCUT2D eigenvalue weighted by molar-refractivity contribution is -0.133. The molecule has 19 heavy (non-hydrogen) atoms. The smallest absolute Gasteiger partial charge is 0.331 e. The molecule has 0 unspecified atom stereocenters. The van der Waals surface area contributed by atoms with E-state index in [4.69, 9.17) is 4.74 Å². The predicted octanol–water partition coefficient (Wildman–Crippen LogP) is 1.25. The highest BCUT2D eigenvalue weighted by Gasteiger charge is 2.25. The Morgan fingerprint density at radius 1 is 1.47 bits per heavy atom. The first-order valence-corrected chi connectivity index (χ1v) is 6.43. The van der Waals surface area contributed by atoms with Crippen LogP contribution in [-0.2, 0) is 9.59 Å². The maximum Gasteiger partial charge on any atom is 0.331 e. The summed E-state index contributed by atoms with van der Waals surface area (Å²) in [4.78, 5) is 25.0. The average Bonchev–Trinajstić information content (AvgIpc) is 2.37. The zero-order valence-electron chi connectivity index (χ0n) is 11.2. The number of rotatable bonds is 4. The minimum absolute atomic E-state index is 0.0796. The molecule has 1 aliphatic rings. The van der Waals surface area contributed by atoms with Gasteiger partial charge in [-0.3, -0.25) is 4.79 Å². The maximum atomic E-state index is 11.8. The Labute approximate surface area is 112 Å². The van der Waals surface area contributed by atoms with Crippen LogP contribution in [0.1, 0.15) is 18.9 Å². The van der Waals surface area contributed by atoms with Gasteiger partial charge in [0, 0.05) is 6.54 Å². The highest BCUT2D eigenvalue weighted by Crippen LogP contribution is 2.32. The Morgan fingerprint density at radius 3 is 3.00 bits per heavy atom. The van der Waals surface area contributed by atoms with Crippen molar-refractivity contribution in [3.8, 4) is 5.75 Å². The number of nitrogens with zero attached hydrogens (tertiary/aromatic N) is 1. The number of ether oxygens (including phenoxy) is 1. The molecule has 5 nitrogen and oxygen atoms in total. The van der Waals surface area contributed by atoms with Crippen molar-refractivity contribution in [3.63, 3.8) is 0 Å². The topological polar surface area (TPSA) is 58.6 Å². The lowest BCUT2D eigenvalue weighted by Crippen LogP contribution is -2.43. The minimum atomic E-state index is -0.334. The summed E-state index contributed by atoms with van der Waals surface area (Å²) in [5.74, 6) is 0.105. The van der Waals surface area contributed by atoms with E-state index in [0.717, 1.165) is 17.7 Å². The molecule has 0 bridgehead atoms. The lowest BCUT2D eigenvalue weighted by atomic mass is 10.1. The van der Waals surface area contributed by atoms with Gasteiger partial charge in [-0.05, 0) is 31.0 Å². The number of amides is 1. The highest BCUT2D eigenvalue weighted by atomic mass is 16.5. The van der Waals surface area contributed by atoms with Crippen molar-refractivity contribution in [3.05, 3.63) is 23.8 Å². The van der Waals surface area contributed by atoms with Crippen molar-refractivity contribution in [2.24, 2.45) is 0 Å². The molecule has 1 aromatic carbocycles. The molecule has 102 valence electrons. The Hall–Kier alpha value is -2.04. The summed E-state index contributed by atoms with van der Waals surface area (Å²) in [6.45, 7) is 4.89. The molecule has 0 aromatic heterocycles. The monoisotopic (exact) mass is 262 g/mol. The van der Waals surface area contributed by atoms with Crippen molar-refractivity contribution in [2.75, 3.05) is 24.5 Å². The molecule has 0 aliphatic carbocycles. The Balaban J connectivity index is 2.15. The van der Waals surface area contributed by atoms with Crippen molar-refractivity contribution in [2.45, 2.75) is 20.3 Å². The summed E-state index contributed by atoms with van der Waals surface area (Å²) in [6.07, 6.45) is 0.892. The molecule has 0 saturated heterocycles. The molecule has 1 N–H and O–H groups in total. The SMILES string of the molecule is CCCNC(=O)CN1CC(=O)Oc2ccc(C)cc21. The van der Waals surface area contributed by atoms with Gasteiger partial charge in [-0.2, -0.15) is 0 Å². The first kappa shape index (κ1) is 13.4. The quantitative estimate of drug-likeness (QED) is 0.655. The van der Waals surface area contributed by atoms with Crippen LogP contribution in [0.25, 0.3) is 0 Å². The van der Waals surface area contributed by atoms with E-state index >= 15 is 0 Å². The third-order valence-electron chi connectivity index (χ3n) is 2.91. The molecule has 0 atom stereocenters. The van der Waals surface area contributed by atoms with Crippen LogP contribution in [0.2, 0.25) is 0 Å². The molecule has 0 spiro atoms. The Kier molecular flexibility index (Phi) is 4.04. The zero-order chi connectivity index (χ0) is 13.8. The van der Waals surface area contributed by atoms with Gasteiger partial charge >= 0.3 is 5.97 Å². The van der Waals surface area contributed by atoms with Crippen LogP contribution in [0.5, 0.6) is 5.75 Å². The van der Waals surface area contributed by atoms with Gasteiger partial charge < -0.3 is 15.0 Å². The summed E-state index contributed by atoms with van der Waals surface area (Å²) in [5.41, 5.74) is 1.86. The first-order valence-electron chi connectivity index (χ1n) is 6.43. The molecule has 1 heterocycles. The van der Waals surface area contributed by atoms with E-state index in [2.05, 4.69) is 5.32 Å². The molecule has 2 rings (SSSR count). The van der Waals surface area contributed by atoms with Crippen molar-refractivity contribution < 1.29 is 14.3 Å². The van der Waals surface area contributed by atoms with Gasteiger partial charge in [0.2, 0.25) is 5.91 Å². The molecule has 1 amide bonds. The number of hydrogen-bond acceptors (Lipinski definition) is 4. The van der Waals surface area contributed by atoms with Crippen LogP contribution < -0.4 is 15.0 Å². The van der Waals surface area contributed by atoms with Gasteiger partial charge in [-0.25, -0.2) is 4.79 Å². The second-order valence-electron chi connectivity index (χ2n) is 4.65. The number of esters is 1. The van der Waals surface area contributed by atoms with Crippen molar-refractivity contribution in [1.82, 2.24) is 5.32 Å². The average molecular weight is 262 g/mol.